The highest BCUT2D eigenvalue weighted by Gasteiger charge is 2.44. The zero-order valence-electron chi connectivity index (χ0n) is 10.5. The lowest BCUT2D eigenvalue weighted by atomic mass is 10.1. The van der Waals surface area contributed by atoms with Crippen molar-refractivity contribution >= 4 is 17.4 Å². The molecule has 19 heavy (non-hydrogen) atoms. The van der Waals surface area contributed by atoms with Gasteiger partial charge in [-0.05, 0) is 31.2 Å². The Morgan fingerprint density at radius 1 is 1.26 bits per heavy atom. The molecule has 1 saturated heterocycles. The van der Waals surface area contributed by atoms with E-state index in [-0.39, 0.29) is 31.3 Å². The lowest BCUT2D eigenvalue weighted by molar-refractivity contribution is -0.141. The number of hydrogen-bond acceptors (Lipinski definition) is 3. The maximum atomic E-state index is 12.6. The Morgan fingerprint density at radius 2 is 1.84 bits per heavy atom. The van der Waals surface area contributed by atoms with Crippen LogP contribution in [0.25, 0.3) is 0 Å². The van der Waals surface area contributed by atoms with Gasteiger partial charge in [-0.3, -0.25) is 14.5 Å². The highest BCUT2D eigenvalue weighted by molar-refractivity contribution is 5.96. The number of nitrogens with one attached hydrogen (secondary N) is 1. The van der Waals surface area contributed by atoms with Crippen LogP contribution in [0.15, 0.2) is 24.3 Å². The van der Waals surface area contributed by atoms with Crippen LogP contribution in [-0.4, -0.2) is 42.1 Å². The Labute approximate surface area is 109 Å². The molecule has 0 aromatic heterocycles. The lowest BCUT2D eigenvalue weighted by Crippen LogP contribution is -2.57. The van der Waals surface area contributed by atoms with E-state index in [1.807, 2.05) is 0 Å². The Bertz CT molecular complexity index is 492. The molecule has 0 bridgehead atoms. The molecule has 4 nitrogen and oxygen atoms in total. The molecule has 1 amide bonds. The van der Waals surface area contributed by atoms with Gasteiger partial charge in [0.1, 0.15) is 0 Å². The molecule has 2 rings (SSSR count). The van der Waals surface area contributed by atoms with Gasteiger partial charge < -0.3 is 5.32 Å². The van der Waals surface area contributed by atoms with Crippen molar-refractivity contribution in [3.8, 4) is 0 Å². The SMILES string of the molecule is CC(=O)c1ccc(NC(=O)CN2CC(F)(F)C2)cc1. The molecule has 0 radical (unpaired) electrons. The van der Waals surface area contributed by atoms with E-state index in [1.54, 1.807) is 24.3 Å². The second-order valence-corrected chi connectivity index (χ2v) is 4.68. The number of amides is 1. The van der Waals surface area contributed by atoms with Gasteiger partial charge in [0, 0.05) is 11.3 Å². The first-order valence-corrected chi connectivity index (χ1v) is 5.87. The summed E-state index contributed by atoms with van der Waals surface area (Å²) in [6.45, 7) is 0.662. The summed E-state index contributed by atoms with van der Waals surface area (Å²) in [5.74, 6) is -3.06. The summed E-state index contributed by atoms with van der Waals surface area (Å²) < 4.78 is 25.2. The minimum atomic E-state index is -2.66. The monoisotopic (exact) mass is 268 g/mol. The van der Waals surface area contributed by atoms with Crippen LogP contribution in [0.1, 0.15) is 17.3 Å². The molecule has 0 saturated carbocycles. The number of carbonyl (C=O) groups is 2. The first-order chi connectivity index (χ1) is 8.85. The fourth-order valence-electron chi connectivity index (χ4n) is 1.91. The molecule has 1 aliphatic heterocycles. The third-order valence-electron chi connectivity index (χ3n) is 2.85. The Hall–Kier alpha value is -1.82. The fraction of sp³-hybridized carbons (Fsp3) is 0.385. The predicted octanol–water partition coefficient (Wildman–Crippen LogP) is 1.78. The van der Waals surface area contributed by atoms with Gasteiger partial charge in [0.15, 0.2) is 5.78 Å². The first kappa shape index (κ1) is 13.6. The van der Waals surface area contributed by atoms with E-state index in [9.17, 15) is 18.4 Å². The third-order valence-corrected chi connectivity index (χ3v) is 2.85. The molecule has 102 valence electrons. The summed E-state index contributed by atoms with van der Waals surface area (Å²) in [5, 5.41) is 2.60. The number of hydrogen-bond donors (Lipinski definition) is 1. The highest BCUT2D eigenvalue weighted by Crippen LogP contribution is 2.26. The number of alkyl halides is 2. The van der Waals surface area contributed by atoms with Crippen molar-refractivity contribution in [2.75, 3.05) is 25.0 Å². The zero-order chi connectivity index (χ0) is 14.0. The van der Waals surface area contributed by atoms with Crippen molar-refractivity contribution in [2.45, 2.75) is 12.8 Å². The molecule has 1 N–H and O–H groups in total. The highest BCUT2D eigenvalue weighted by atomic mass is 19.3. The van der Waals surface area contributed by atoms with Crippen LogP contribution in [0.5, 0.6) is 0 Å². The number of benzene rings is 1. The maximum absolute atomic E-state index is 12.6. The number of carbonyl (C=O) groups excluding carboxylic acids is 2. The topological polar surface area (TPSA) is 49.4 Å². The van der Waals surface area contributed by atoms with E-state index in [4.69, 9.17) is 0 Å². The average Bonchev–Trinajstić information content (AvgIpc) is 2.27. The summed E-state index contributed by atoms with van der Waals surface area (Å²) in [4.78, 5) is 24.0. The van der Waals surface area contributed by atoms with Crippen LogP contribution in [0.3, 0.4) is 0 Å². The van der Waals surface area contributed by atoms with Crippen LogP contribution >= 0.6 is 0 Å². The minimum absolute atomic E-state index is 0.0515. The molecule has 6 heteroatoms. The van der Waals surface area contributed by atoms with Gasteiger partial charge in [0.2, 0.25) is 5.91 Å². The Kier molecular flexibility index (Phi) is 3.61. The molecule has 1 heterocycles. The van der Waals surface area contributed by atoms with Crippen LogP contribution in [0, 0.1) is 0 Å². The molecule has 0 atom stereocenters. The maximum Gasteiger partial charge on any atom is 0.272 e. The average molecular weight is 268 g/mol. The molecular weight excluding hydrogens is 254 g/mol. The number of likely N-dealkylation sites (tertiary alicyclic amines) is 1. The molecule has 1 aliphatic rings. The van der Waals surface area contributed by atoms with Gasteiger partial charge in [0.05, 0.1) is 19.6 Å². The van der Waals surface area contributed by atoms with E-state index in [1.165, 1.54) is 11.8 Å². The lowest BCUT2D eigenvalue weighted by Gasteiger charge is -2.37. The number of anilines is 1. The van der Waals surface area contributed by atoms with Crippen LogP contribution in [-0.2, 0) is 4.79 Å². The molecule has 1 aromatic carbocycles. The predicted molar refractivity (Wildman–Crippen MR) is 66.5 cm³/mol. The number of halogens is 2. The van der Waals surface area contributed by atoms with Gasteiger partial charge in [-0.2, -0.15) is 0 Å². The minimum Gasteiger partial charge on any atom is -0.325 e. The molecule has 1 fully saturated rings. The van der Waals surface area contributed by atoms with E-state index < -0.39 is 5.92 Å². The van der Waals surface area contributed by atoms with Gasteiger partial charge in [-0.25, -0.2) is 8.78 Å². The van der Waals surface area contributed by atoms with E-state index >= 15 is 0 Å². The van der Waals surface area contributed by atoms with Gasteiger partial charge in [-0.1, -0.05) is 0 Å². The van der Waals surface area contributed by atoms with Crippen LogP contribution in [0.4, 0.5) is 14.5 Å². The van der Waals surface area contributed by atoms with Crippen molar-refractivity contribution in [2.24, 2.45) is 0 Å². The van der Waals surface area contributed by atoms with Crippen LogP contribution in [0.2, 0.25) is 0 Å². The summed E-state index contributed by atoms with van der Waals surface area (Å²) >= 11 is 0. The second kappa shape index (κ2) is 5.05. The summed E-state index contributed by atoms with van der Waals surface area (Å²) in [7, 11) is 0. The standard InChI is InChI=1S/C13H14F2N2O2/c1-9(18)10-2-4-11(5-3-10)16-12(19)6-17-7-13(14,15)8-17/h2-5H,6-8H2,1H3,(H,16,19). The van der Waals surface area contributed by atoms with Crippen molar-refractivity contribution in [3.63, 3.8) is 0 Å². The third kappa shape index (κ3) is 3.57. The normalized spacial score (nSPS) is 17.6. The summed E-state index contributed by atoms with van der Waals surface area (Å²) in [5.41, 5.74) is 1.10. The van der Waals surface area contributed by atoms with Gasteiger partial charge in [0.25, 0.3) is 5.92 Å². The second-order valence-electron chi connectivity index (χ2n) is 4.68. The number of nitrogens with zero attached hydrogens (tertiary/aromatic N) is 1. The smallest absolute Gasteiger partial charge is 0.272 e. The largest absolute Gasteiger partial charge is 0.325 e. The summed E-state index contributed by atoms with van der Waals surface area (Å²) in [6, 6.07) is 6.43. The molecular formula is C13H14F2N2O2. The van der Waals surface area contributed by atoms with Crippen molar-refractivity contribution < 1.29 is 18.4 Å². The Balaban J connectivity index is 1.84. The van der Waals surface area contributed by atoms with E-state index in [2.05, 4.69) is 5.32 Å². The Morgan fingerprint density at radius 3 is 2.32 bits per heavy atom. The van der Waals surface area contributed by atoms with Gasteiger partial charge >= 0.3 is 0 Å². The van der Waals surface area contributed by atoms with Gasteiger partial charge in [-0.15, -0.1) is 0 Å². The molecule has 0 aliphatic carbocycles. The first-order valence-electron chi connectivity index (χ1n) is 5.87. The van der Waals surface area contributed by atoms with E-state index in [0.29, 0.717) is 11.3 Å². The van der Waals surface area contributed by atoms with Crippen molar-refractivity contribution in [1.29, 1.82) is 0 Å². The van der Waals surface area contributed by atoms with Crippen molar-refractivity contribution in [1.82, 2.24) is 4.90 Å². The molecule has 0 unspecified atom stereocenters. The van der Waals surface area contributed by atoms with Crippen LogP contribution < -0.4 is 5.32 Å². The van der Waals surface area contributed by atoms with E-state index in [0.717, 1.165) is 0 Å². The molecule has 0 spiro atoms. The number of ketones is 1. The fourth-order valence-corrected chi connectivity index (χ4v) is 1.91. The zero-order valence-corrected chi connectivity index (χ0v) is 10.5. The molecule has 1 aromatic rings. The number of Topliss-reactive ketones (excluding diaryl/α,β-unsaturated/α-hetero) is 1. The van der Waals surface area contributed by atoms with Crippen molar-refractivity contribution in [3.05, 3.63) is 29.8 Å². The summed E-state index contributed by atoms with van der Waals surface area (Å²) in [6.07, 6.45) is 0. The quantitative estimate of drug-likeness (QED) is 0.847. The number of rotatable bonds is 4.